The Kier molecular flexibility index (Phi) is 8.77. The number of carboxylic acids is 1. The number of aliphatic hydroxyl groups is 7. The number of hydrogen-bond acceptors (Lipinski definition) is 12. The highest BCUT2D eigenvalue weighted by atomic mass is 16.8. The zero-order valence-corrected chi connectivity index (χ0v) is 26.0. The second kappa shape index (κ2) is 11.7. The van der Waals surface area contributed by atoms with Gasteiger partial charge in [0.2, 0.25) is 0 Å². The fourth-order valence-electron chi connectivity index (χ4n) is 10.6. The molecule has 0 aromatic heterocycles. The molecular formula is C32H50O13. The quantitative estimate of drug-likeness (QED) is 0.134. The summed E-state index contributed by atoms with van der Waals surface area (Å²) >= 11 is 0. The Bertz CT molecular complexity index is 1150. The Balaban J connectivity index is 1.26. The largest absolute Gasteiger partial charge is 0.481 e. The lowest BCUT2D eigenvalue weighted by molar-refractivity contribution is -0.378. The molecule has 2 saturated heterocycles. The van der Waals surface area contributed by atoms with E-state index in [-0.39, 0.29) is 22.7 Å². The van der Waals surface area contributed by atoms with Crippen LogP contribution in [-0.4, -0.2) is 127 Å². The number of carboxylic acid groups (broad SMARTS) is 1. The molecule has 0 radical (unpaired) electrons. The van der Waals surface area contributed by atoms with E-state index in [1.54, 1.807) is 0 Å². The predicted molar refractivity (Wildman–Crippen MR) is 154 cm³/mol. The third-order valence-electron chi connectivity index (χ3n) is 12.9. The molecule has 13 heteroatoms. The van der Waals surface area contributed by atoms with Gasteiger partial charge in [0.25, 0.3) is 0 Å². The minimum absolute atomic E-state index is 0.0640. The molecule has 1 spiro atoms. The average Bonchev–Trinajstić information content (AvgIpc) is 3.19. The molecule has 45 heavy (non-hydrogen) atoms. The molecular weight excluding hydrogens is 592 g/mol. The van der Waals surface area contributed by atoms with E-state index < -0.39 is 91.6 Å². The van der Waals surface area contributed by atoms with Crippen LogP contribution in [0.15, 0.2) is 12.2 Å². The van der Waals surface area contributed by atoms with Gasteiger partial charge in [0.1, 0.15) is 48.8 Å². The fourth-order valence-corrected chi connectivity index (χ4v) is 10.6. The van der Waals surface area contributed by atoms with E-state index >= 15 is 0 Å². The van der Waals surface area contributed by atoms with Gasteiger partial charge in [0, 0.05) is 0 Å². The fraction of sp³-hybridized carbons (Fsp3) is 0.906. The van der Waals surface area contributed by atoms with Crippen molar-refractivity contribution >= 4 is 5.97 Å². The van der Waals surface area contributed by atoms with Crippen LogP contribution >= 0.6 is 0 Å². The Morgan fingerprint density at radius 2 is 1.47 bits per heavy atom. The van der Waals surface area contributed by atoms with Crippen molar-refractivity contribution in [3.8, 4) is 0 Å². The van der Waals surface area contributed by atoms with Gasteiger partial charge >= 0.3 is 5.97 Å². The van der Waals surface area contributed by atoms with E-state index in [1.165, 1.54) is 0 Å². The molecule has 2 aliphatic heterocycles. The molecule has 256 valence electrons. The third-order valence-corrected chi connectivity index (χ3v) is 12.9. The van der Waals surface area contributed by atoms with Crippen LogP contribution in [0.25, 0.3) is 0 Å². The summed E-state index contributed by atoms with van der Waals surface area (Å²) in [6, 6.07) is 0. The van der Waals surface area contributed by atoms with Gasteiger partial charge in [0.05, 0.1) is 24.2 Å². The second-order valence-electron chi connectivity index (χ2n) is 15.2. The summed E-state index contributed by atoms with van der Waals surface area (Å²) < 4.78 is 24.1. The Hall–Kier alpha value is -1.23. The number of aliphatic carboxylic acids is 1. The number of carbonyl (C=O) groups is 1. The number of hydrogen-bond donors (Lipinski definition) is 8. The lowest BCUT2D eigenvalue weighted by atomic mass is 9.41. The minimum Gasteiger partial charge on any atom is -0.481 e. The highest BCUT2D eigenvalue weighted by Crippen LogP contribution is 2.73. The molecule has 0 amide bonds. The SMILES string of the molecule is C=C1C[C@]23CC[C@H]4C(C)(C(=O)O)CCC[C@]4(C)[C@H]2CC[C@]1(O[C@@H]1O[C@H](CO)[C@@H](O)[C@H](O)[C@H]1O[C@@H]1O[C@H](CO)[C@@H](O)[C@H](O)[C@H]1O)C3. The molecule has 16 atom stereocenters. The van der Waals surface area contributed by atoms with E-state index in [0.717, 1.165) is 37.7 Å². The van der Waals surface area contributed by atoms with Gasteiger partial charge in [-0.3, -0.25) is 4.79 Å². The van der Waals surface area contributed by atoms with E-state index in [4.69, 9.17) is 18.9 Å². The lowest BCUT2D eigenvalue weighted by Gasteiger charge is -2.64. The summed E-state index contributed by atoms with van der Waals surface area (Å²) in [5, 5.41) is 82.8. The first-order chi connectivity index (χ1) is 21.2. The molecule has 0 aromatic rings. The molecule has 2 heterocycles. The van der Waals surface area contributed by atoms with Crippen LogP contribution in [0.3, 0.4) is 0 Å². The maximum Gasteiger partial charge on any atom is 0.309 e. The molecule has 6 fully saturated rings. The van der Waals surface area contributed by atoms with Crippen molar-refractivity contribution in [1.29, 1.82) is 0 Å². The molecule has 2 bridgehead atoms. The van der Waals surface area contributed by atoms with Crippen molar-refractivity contribution < 1.29 is 64.6 Å². The molecule has 8 N–H and O–H groups in total. The van der Waals surface area contributed by atoms with Gasteiger partial charge in [0.15, 0.2) is 12.6 Å². The Morgan fingerprint density at radius 1 is 0.844 bits per heavy atom. The Labute approximate surface area is 262 Å². The summed E-state index contributed by atoms with van der Waals surface area (Å²) in [5.74, 6) is -0.392. The Morgan fingerprint density at radius 3 is 2.11 bits per heavy atom. The number of fused-ring (bicyclic) bond motifs is 3. The maximum absolute atomic E-state index is 12.5. The first-order valence-electron chi connectivity index (χ1n) is 16.3. The van der Waals surface area contributed by atoms with Crippen LogP contribution in [0.4, 0.5) is 0 Å². The smallest absolute Gasteiger partial charge is 0.309 e. The highest BCUT2D eigenvalue weighted by molar-refractivity contribution is 5.75. The van der Waals surface area contributed by atoms with Crippen molar-refractivity contribution in [3.05, 3.63) is 12.2 Å². The van der Waals surface area contributed by atoms with Crippen LogP contribution in [0, 0.1) is 28.1 Å². The van der Waals surface area contributed by atoms with Crippen LogP contribution in [0.1, 0.15) is 71.6 Å². The average molecular weight is 643 g/mol. The highest BCUT2D eigenvalue weighted by Gasteiger charge is 2.69. The van der Waals surface area contributed by atoms with Gasteiger partial charge in [-0.15, -0.1) is 0 Å². The van der Waals surface area contributed by atoms with E-state index in [9.17, 15) is 45.6 Å². The zero-order valence-electron chi connectivity index (χ0n) is 26.0. The summed E-state index contributed by atoms with van der Waals surface area (Å²) in [6.45, 7) is 7.33. The molecule has 0 aromatic carbocycles. The van der Waals surface area contributed by atoms with Crippen molar-refractivity contribution in [1.82, 2.24) is 0 Å². The second-order valence-corrected chi connectivity index (χ2v) is 15.2. The topological polar surface area (TPSA) is 216 Å². The molecule has 4 aliphatic carbocycles. The predicted octanol–water partition coefficient (Wildman–Crippen LogP) is -0.197. The molecule has 4 saturated carbocycles. The first-order valence-corrected chi connectivity index (χ1v) is 16.3. The summed E-state index contributed by atoms with van der Waals surface area (Å²) in [7, 11) is 0. The van der Waals surface area contributed by atoms with Crippen molar-refractivity contribution in [3.63, 3.8) is 0 Å². The van der Waals surface area contributed by atoms with E-state index in [2.05, 4.69) is 13.5 Å². The zero-order chi connectivity index (χ0) is 32.7. The monoisotopic (exact) mass is 642 g/mol. The van der Waals surface area contributed by atoms with Crippen molar-refractivity contribution in [2.24, 2.45) is 28.1 Å². The normalized spacial score (nSPS) is 54.7. The molecule has 6 rings (SSSR count). The summed E-state index contributed by atoms with van der Waals surface area (Å²) in [6.07, 6.45) is -8.44. The van der Waals surface area contributed by atoms with Crippen LogP contribution in [0.5, 0.6) is 0 Å². The first kappa shape index (κ1) is 33.7. The van der Waals surface area contributed by atoms with Crippen molar-refractivity contribution in [2.75, 3.05) is 13.2 Å². The molecule has 1 unspecified atom stereocenters. The third kappa shape index (κ3) is 5.04. The van der Waals surface area contributed by atoms with Crippen LogP contribution in [-0.2, 0) is 23.7 Å². The molecule has 13 nitrogen and oxygen atoms in total. The number of rotatable bonds is 7. The molecule has 6 aliphatic rings. The van der Waals surface area contributed by atoms with Gasteiger partial charge in [-0.25, -0.2) is 0 Å². The lowest BCUT2D eigenvalue weighted by Crippen LogP contribution is -2.65. The summed E-state index contributed by atoms with van der Waals surface area (Å²) in [4.78, 5) is 12.5. The van der Waals surface area contributed by atoms with Gasteiger partial charge in [-0.1, -0.05) is 19.9 Å². The van der Waals surface area contributed by atoms with E-state index in [1.807, 2.05) is 6.92 Å². The van der Waals surface area contributed by atoms with Gasteiger partial charge in [-0.05, 0) is 86.5 Å². The van der Waals surface area contributed by atoms with E-state index in [0.29, 0.717) is 25.7 Å². The summed E-state index contributed by atoms with van der Waals surface area (Å²) in [5.41, 5.74) is -1.10. The van der Waals surface area contributed by atoms with Crippen LogP contribution in [0.2, 0.25) is 0 Å². The van der Waals surface area contributed by atoms with Gasteiger partial charge < -0.3 is 59.8 Å². The maximum atomic E-state index is 12.5. The standard InChI is InChI=1S/C32H50O13/c1-15-11-31-9-5-18-29(2,7-4-8-30(18,3)28(40)41)19(31)6-10-32(15,14-31)45-27-25(23(38)21(36)17(13-34)43-27)44-26-24(39)22(37)20(35)16(12-33)42-26/h16-27,33-39H,1,4-14H2,2-3H3,(H,40,41)/t16-,17-,18-,19-,20-,21-,22+,23+,24-,25-,26+,27+,29+,30?,31+,32+/m1/s1. The number of ether oxygens (including phenoxy) is 4. The minimum atomic E-state index is -1.76. The van der Waals surface area contributed by atoms with Crippen molar-refractivity contribution in [2.45, 2.75) is 139 Å². The number of aliphatic hydroxyl groups excluding tert-OH is 7. The van der Waals surface area contributed by atoms with Crippen LogP contribution < -0.4 is 0 Å². The van der Waals surface area contributed by atoms with Gasteiger partial charge in [-0.2, -0.15) is 0 Å².